The Morgan fingerprint density at radius 2 is 1.51 bits per heavy atom. The Morgan fingerprint density at radius 1 is 0.846 bits per heavy atom. The summed E-state index contributed by atoms with van der Waals surface area (Å²) in [5.74, 6) is 0.524. The van der Waals surface area contributed by atoms with Crippen molar-refractivity contribution in [2.75, 3.05) is 19.5 Å². The molecule has 39 heavy (non-hydrogen) atoms. The van der Waals surface area contributed by atoms with Gasteiger partial charge >= 0.3 is 5.69 Å². The molecular weight excluding hydrogens is 496 g/mol. The molecule has 2 aromatic heterocycles. The van der Waals surface area contributed by atoms with E-state index in [9.17, 15) is 14.4 Å². The van der Waals surface area contributed by atoms with E-state index in [4.69, 9.17) is 9.47 Å². The maximum atomic E-state index is 13.5. The van der Waals surface area contributed by atoms with Gasteiger partial charge in [-0.2, -0.15) is 0 Å². The Bertz CT molecular complexity index is 1850. The van der Waals surface area contributed by atoms with Gasteiger partial charge in [-0.05, 0) is 24.6 Å². The number of nitrogens with one attached hydrogen (secondary N) is 1. The van der Waals surface area contributed by atoms with Gasteiger partial charge in [0.15, 0.2) is 0 Å². The van der Waals surface area contributed by atoms with Crippen molar-refractivity contribution in [2.24, 2.45) is 14.1 Å². The maximum absolute atomic E-state index is 13.5. The van der Waals surface area contributed by atoms with E-state index in [0.29, 0.717) is 45.0 Å². The van der Waals surface area contributed by atoms with E-state index < -0.39 is 11.2 Å². The third-order valence-electron chi connectivity index (χ3n) is 6.88. The molecule has 0 atom stereocenters. The molecule has 0 saturated heterocycles. The van der Waals surface area contributed by atoms with Crippen LogP contribution >= 0.6 is 0 Å². The van der Waals surface area contributed by atoms with Gasteiger partial charge in [0.2, 0.25) is 0 Å². The van der Waals surface area contributed by atoms with Crippen LogP contribution in [0.4, 0.5) is 5.69 Å². The number of benzene rings is 3. The molecule has 0 spiro atoms. The Hall–Kier alpha value is -5.05. The number of ether oxygens (including phenoxy) is 2. The van der Waals surface area contributed by atoms with Crippen LogP contribution in [-0.4, -0.2) is 33.8 Å². The zero-order valence-corrected chi connectivity index (χ0v) is 22.3. The molecule has 0 saturated carbocycles. The summed E-state index contributed by atoms with van der Waals surface area (Å²) in [6.45, 7) is 1.96. The number of aryl methyl sites for hydroxylation is 2. The fourth-order valence-corrected chi connectivity index (χ4v) is 4.79. The first kappa shape index (κ1) is 25.6. The standard InChI is InChI=1S/C30H28N4O5/c1-18-11-9-10-14-20(18)27-26-23(32(2)30(37)33(3)29(26)36)17-34(27)22-16-24(38-4)21(15-25(22)39-5)31-28(35)19-12-7-6-8-13-19/h6-17H,1-5H3,(H,31,35). The average Bonchev–Trinajstić information content (AvgIpc) is 3.35. The number of amides is 1. The average molecular weight is 525 g/mol. The van der Waals surface area contributed by atoms with E-state index >= 15 is 0 Å². The zero-order chi connectivity index (χ0) is 27.8. The second-order valence-corrected chi connectivity index (χ2v) is 9.17. The lowest BCUT2D eigenvalue weighted by Crippen LogP contribution is -2.36. The van der Waals surface area contributed by atoms with Crippen LogP contribution in [0.15, 0.2) is 82.5 Å². The number of aromatic nitrogens is 3. The number of hydrogen-bond donors (Lipinski definition) is 1. The molecule has 0 aliphatic rings. The van der Waals surface area contributed by atoms with Gasteiger partial charge < -0.3 is 19.4 Å². The zero-order valence-electron chi connectivity index (χ0n) is 22.3. The molecule has 0 radical (unpaired) electrons. The molecule has 5 rings (SSSR count). The highest BCUT2D eigenvalue weighted by molar-refractivity contribution is 6.05. The number of carbonyl (C=O) groups is 1. The normalized spacial score (nSPS) is 11.0. The molecule has 0 aliphatic heterocycles. The number of hydrogen-bond acceptors (Lipinski definition) is 5. The molecule has 1 N–H and O–H groups in total. The van der Waals surface area contributed by atoms with Gasteiger partial charge in [0.25, 0.3) is 11.5 Å². The van der Waals surface area contributed by atoms with Gasteiger partial charge in [0.1, 0.15) is 11.5 Å². The predicted molar refractivity (Wildman–Crippen MR) is 151 cm³/mol. The van der Waals surface area contributed by atoms with Crippen LogP contribution in [0.25, 0.3) is 27.8 Å². The minimum absolute atomic E-state index is 0.297. The summed E-state index contributed by atoms with van der Waals surface area (Å²) in [4.78, 5) is 39.1. The van der Waals surface area contributed by atoms with E-state index in [1.54, 1.807) is 49.6 Å². The maximum Gasteiger partial charge on any atom is 0.330 e. The topological polar surface area (TPSA) is 96.5 Å². The fourth-order valence-electron chi connectivity index (χ4n) is 4.79. The molecular formula is C30H28N4O5. The van der Waals surface area contributed by atoms with Crippen molar-refractivity contribution < 1.29 is 14.3 Å². The number of rotatable bonds is 6. The van der Waals surface area contributed by atoms with Gasteiger partial charge in [0.05, 0.1) is 42.2 Å². The van der Waals surface area contributed by atoms with Crippen molar-refractivity contribution in [3.8, 4) is 28.4 Å². The highest BCUT2D eigenvalue weighted by Gasteiger charge is 2.24. The third-order valence-corrected chi connectivity index (χ3v) is 6.88. The number of methoxy groups -OCH3 is 2. The van der Waals surface area contributed by atoms with E-state index in [-0.39, 0.29) is 5.91 Å². The fraction of sp³-hybridized carbons (Fsp3) is 0.167. The van der Waals surface area contributed by atoms with Crippen LogP contribution < -0.4 is 26.0 Å². The first-order valence-corrected chi connectivity index (χ1v) is 12.3. The predicted octanol–water partition coefficient (Wildman–Crippen LogP) is 4.27. The second kappa shape index (κ2) is 10.0. The summed E-state index contributed by atoms with van der Waals surface area (Å²) < 4.78 is 15.8. The van der Waals surface area contributed by atoms with E-state index in [1.807, 2.05) is 41.8 Å². The Kier molecular flexibility index (Phi) is 6.57. The minimum Gasteiger partial charge on any atom is -0.494 e. The molecule has 0 fully saturated rings. The molecule has 9 heteroatoms. The van der Waals surface area contributed by atoms with E-state index in [1.165, 1.54) is 25.8 Å². The minimum atomic E-state index is -0.426. The molecule has 0 unspecified atom stereocenters. The summed E-state index contributed by atoms with van der Waals surface area (Å²) in [7, 11) is 6.14. The Balaban J connectivity index is 1.79. The molecule has 2 heterocycles. The molecule has 5 aromatic rings. The van der Waals surface area contributed by atoms with Crippen molar-refractivity contribution in [1.82, 2.24) is 13.7 Å². The van der Waals surface area contributed by atoms with Crippen molar-refractivity contribution in [3.05, 3.63) is 105 Å². The lowest BCUT2D eigenvalue weighted by molar-refractivity contribution is 0.102. The lowest BCUT2D eigenvalue weighted by atomic mass is 10.0. The number of nitrogens with zero attached hydrogens (tertiary/aromatic N) is 3. The van der Waals surface area contributed by atoms with Crippen LogP contribution in [0.1, 0.15) is 15.9 Å². The molecule has 1 amide bonds. The van der Waals surface area contributed by atoms with Gasteiger partial charge in [0, 0.05) is 43.6 Å². The summed E-state index contributed by atoms with van der Waals surface area (Å²) >= 11 is 0. The third kappa shape index (κ3) is 4.27. The van der Waals surface area contributed by atoms with Crippen LogP contribution in [0, 0.1) is 6.92 Å². The van der Waals surface area contributed by atoms with Crippen LogP contribution in [0.5, 0.6) is 11.5 Å². The number of carbonyl (C=O) groups excluding carboxylic acids is 1. The van der Waals surface area contributed by atoms with Gasteiger partial charge in [-0.25, -0.2) is 4.79 Å². The molecule has 0 bridgehead atoms. The monoisotopic (exact) mass is 524 g/mol. The van der Waals surface area contributed by atoms with Crippen molar-refractivity contribution >= 4 is 22.5 Å². The summed E-state index contributed by atoms with van der Waals surface area (Å²) in [6, 6.07) is 20.0. The van der Waals surface area contributed by atoms with E-state index in [0.717, 1.165) is 15.7 Å². The van der Waals surface area contributed by atoms with Crippen molar-refractivity contribution in [2.45, 2.75) is 6.92 Å². The van der Waals surface area contributed by atoms with Crippen molar-refractivity contribution in [3.63, 3.8) is 0 Å². The van der Waals surface area contributed by atoms with Crippen LogP contribution in [-0.2, 0) is 14.1 Å². The number of anilines is 1. The van der Waals surface area contributed by atoms with Gasteiger partial charge in [-0.1, -0.05) is 42.5 Å². The summed E-state index contributed by atoms with van der Waals surface area (Å²) in [5.41, 5.74) is 3.52. The molecule has 198 valence electrons. The molecule has 0 aliphatic carbocycles. The van der Waals surface area contributed by atoms with Gasteiger partial charge in [-0.3, -0.25) is 18.7 Å². The quantitative estimate of drug-likeness (QED) is 0.358. The lowest BCUT2D eigenvalue weighted by Gasteiger charge is -2.18. The number of fused-ring (bicyclic) bond motifs is 1. The highest BCUT2D eigenvalue weighted by atomic mass is 16.5. The summed E-state index contributed by atoms with van der Waals surface area (Å²) in [5, 5.41) is 3.29. The largest absolute Gasteiger partial charge is 0.494 e. The first-order chi connectivity index (χ1) is 18.8. The Morgan fingerprint density at radius 3 is 2.18 bits per heavy atom. The van der Waals surface area contributed by atoms with Crippen LogP contribution in [0.2, 0.25) is 0 Å². The second-order valence-electron chi connectivity index (χ2n) is 9.17. The highest BCUT2D eigenvalue weighted by Crippen LogP contribution is 2.40. The van der Waals surface area contributed by atoms with Crippen LogP contribution in [0.3, 0.4) is 0 Å². The smallest absolute Gasteiger partial charge is 0.330 e. The first-order valence-electron chi connectivity index (χ1n) is 12.3. The van der Waals surface area contributed by atoms with Crippen molar-refractivity contribution in [1.29, 1.82) is 0 Å². The van der Waals surface area contributed by atoms with E-state index in [2.05, 4.69) is 5.32 Å². The summed E-state index contributed by atoms with van der Waals surface area (Å²) in [6.07, 6.45) is 1.75. The Labute approximate surface area is 224 Å². The SMILES string of the molecule is COc1cc(-n2cc3c(c2-c2ccccc2C)c(=O)n(C)c(=O)n3C)c(OC)cc1NC(=O)c1ccccc1. The van der Waals surface area contributed by atoms with Gasteiger partial charge in [-0.15, -0.1) is 0 Å². The molecule has 3 aromatic carbocycles. The molecule has 9 nitrogen and oxygen atoms in total.